The number of hydrogen-bond acceptors (Lipinski definition) is 4. The van der Waals surface area contributed by atoms with Gasteiger partial charge in [-0.25, -0.2) is 4.98 Å². The Bertz CT molecular complexity index is 2810. The molecule has 0 bridgehead atoms. The topological polar surface area (TPSA) is 43.6 Å². The summed E-state index contributed by atoms with van der Waals surface area (Å²) in [5, 5.41) is 4.94. The number of aromatic nitrogens is 4. The monoisotopic (exact) mass is 656 g/mol. The molecule has 4 nitrogen and oxygen atoms in total. The number of hydrogen-bond donors (Lipinski definition) is 0. The van der Waals surface area contributed by atoms with E-state index in [0.717, 1.165) is 33.1 Å². The molecular weight excluding hydrogens is 629 g/mol. The van der Waals surface area contributed by atoms with Gasteiger partial charge in [-0.3, -0.25) is 4.57 Å². The number of benzene rings is 7. The molecule has 0 aliphatic heterocycles. The normalized spacial score (nSPS) is 11.6. The van der Waals surface area contributed by atoms with E-state index in [9.17, 15) is 0 Å². The van der Waals surface area contributed by atoms with Gasteiger partial charge in [0.15, 0.2) is 11.6 Å². The third-order valence-electron chi connectivity index (χ3n) is 9.47. The van der Waals surface area contributed by atoms with Crippen LogP contribution in [0.25, 0.3) is 93.0 Å². The number of fused-ring (bicyclic) bond motifs is 6. The van der Waals surface area contributed by atoms with Crippen LogP contribution in [0.2, 0.25) is 0 Å². The summed E-state index contributed by atoms with van der Waals surface area (Å²) >= 11 is 1.85. The molecule has 0 aliphatic rings. The Kier molecular flexibility index (Phi) is 6.64. The van der Waals surface area contributed by atoms with Crippen LogP contribution in [0.1, 0.15) is 0 Å². The first-order valence-electron chi connectivity index (χ1n) is 16.7. The van der Waals surface area contributed by atoms with Gasteiger partial charge in [0, 0.05) is 42.1 Å². The molecule has 10 rings (SSSR count). The van der Waals surface area contributed by atoms with Crippen LogP contribution < -0.4 is 0 Å². The summed E-state index contributed by atoms with van der Waals surface area (Å²) in [7, 11) is 0. The van der Waals surface area contributed by atoms with Crippen LogP contribution in [-0.4, -0.2) is 19.5 Å². The van der Waals surface area contributed by atoms with E-state index in [4.69, 9.17) is 15.0 Å². The Labute approximate surface area is 292 Å². The zero-order valence-corrected chi connectivity index (χ0v) is 27.7. The van der Waals surface area contributed by atoms with E-state index in [1.807, 2.05) is 72.0 Å². The summed E-state index contributed by atoms with van der Waals surface area (Å²) in [4.78, 5) is 15.2. The first-order valence-corrected chi connectivity index (χ1v) is 17.5. The summed E-state index contributed by atoms with van der Waals surface area (Å²) < 4.78 is 4.81. The Morgan fingerprint density at radius 2 is 0.900 bits per heavy atom. The van der Waals surface area contributed by atoms with Crippen molar-refractivity contribution in [2.24, 2.45) is 0 Å². The third-order valence-corrected chi connectivity index (χ3v) is 10.6. The first-order chi connectivity index (χ1) is 24.8. The number of rotatable bonds is 5. The van der Waals surface area contributed by atoms with E-state index < -0.39 is 0 Å². The summed E-state index contributed by atoms with van der Waals surface area (Å²) in [6.45, 7) is 0. The van der Waals surface area contributed by atoms with Crippen molar-refractivity contribution >= 4 is 53.3 Å². The molecule has 0 saturated heterocycles. The van der Waals surface area contributed by atoms with Gasteiger partial charge in [0.2, 0.25) is 5.95 Å². The molecule has 0 aliphatic carbocycles. The molecule has 0 radical (unpaired) electrons. The number of thiophene rings is 1. The van der Waals surface area contributed by atoms with Crippen molar-refractivity contribution in [3.05, 3.63) is 170 Å². The van der Waals surface area contributed by atoms with Crippen LogP contribution in [0.5, 0.6) is 0 Å². The fourth-order valence-corrected chi connectivity index (χ4v) is 8.37. The Balaban J connectivity index is 1.20. The van der Waals surface area contributed by atoms with Gasteiger partial charge >= 0.3 is 0 Å². The average Bonchev–Trinajstić information content (AvgIpc) is 3.75. The summed E-state index contributed by atoms with van der Waals surface area (Å²) in [5.74, 6) is 1.87. The zero-order chi connectivity index (χ0) is 33.0. The molecule has 0 N–H and O–H groups in total. The zero-order valence-electron chi connectivity index (χ0n) is 26.9. The van der Waals surface area contributed by atoms with Gasteiger partial charge in [0.1, 0.15) is 0 Å². The van der Waals surface area contributed by atoms with E-state index in [2.05, 4.69) is 114 Å². The summed E-state index contributed by atoms with van der Waals surface area (Å²) in [6.07, 6.45) is 0. The number of para-hydroxylation sites is 1. The summed E-state index contributed by atoms with van der Waals surface area (Å²) in [5.41, 5.74) is 8.77. The highest BCUT2D eigenvalue weighted by Crippen LogP contribution is 2.42. The van der Waals surface area contributed by atoms with Crippen molar-refractivity contribution in [1.82, 2.24) is 19.5 Å². The van der Waals surface area contributed by atoms with E-state index in [1.165, 1.54) is 42.2 Å². The van der Waals surface area contributed by atoms with Crippen molar-refractivity contribution in [3.63, 3.8) is 0 Å². The second-order valence-corrected chi connectivity index (χ2v) is 13.5. The molecule has 3 aromatic heterocycles. The maximum absolute atomic E-state index is 5.12. The van der Waals surface area contributed by atoms with Crippen LogP contribution >= 0.6 is 11.3 Å². The standard InChI is InChI=1S/C45H28N4S/c1-3-14-29(15-4-1)43-46-44(30-16-5-2-6-17-30)48-45(47-43)49-37-24-9-7-20-35(37)41-33(22-12-25-38(41)49)31-18-11-19-32(28-31)34-23-13-27-40-42(34)36-21-8-10-26-39(36)50-40/h1-28H. The SMILES string of the molecule is c1ccc(-c2nc(-c3ccccc3)nc(-n3c4ccccc4c4c(-c5cccc(-c6cccc7sc8ccccc8c67)c5)cccc43)n2)cc1. The smallest absolute Gasteiger partial charge is 0.238 e. The molecule has 0 unspecified atom stereocenters. The maximum Gasteiger partial charge on any atom is 0.238 e. The Morgan fingerprint density at radius 3 is 1.62 bits per heavy atom. The van der Waals surface area contributed by atoms with Crippen LogP contribution in [0.3, 0.4) is 0 Å². The predicted octanol–water partition coefficient (Wildman–Crippen LogP) is 12.0. The van der Waals surface area contributed by atoms with E-state index in [-0.39, 0.29) is 0 Å². The molecule has 0 amide bonds. The second kappa shape index (κ2) is 11.6. The van der Waals surface area contributed by atoms with Crippen LogP contribution in [0, 0.1) is 0 Å². The van der Waals surface area contributed by atoms with Crippen molar-refractivity contribution in [2.75, 3.05) is 0 Å². The molecule has 7 aromatic carbocycles. The van der Waals surface area contributed by atoms with Gasteiger partial charge in [-0.05, 0) is 52.6 Å². The number of nitrogens with zero attached hydrogens (tertiary/aromatic N) is 4. The lowest BCUT2D eigenvalue weighted by atomic mass is 9.94. The maximum atomic E-state index is 5.12. The van der Waals surface area contributed by atoms with E-state index in [1.54, 1.807) is 0 Å². The lowest BCUT2D eigenvalue weighted by molar-refractivity contribution is 0.953. The lowest BCUT2D eigenvalue weighted by Gasteiger charge is -2.11. The van der Waals surface area contributed by atoms with Gasteiger partial charge in [-0.1, -0.05) is 140 Å². The van der Waals surface area contributed by atoms with E-state index >= 15 is 0 Å². The minimum absolute atomic E-state index is 0.589. The minimum Gasteiger partial charge on any atom is -0.278 e. The molecule has 5 heteroatoms. The predicted molar refractivity (Wildman–Crippen MR) is 209 cm³/mol. The van der Waals surface area contributed by atoms with E-state index in [0.29, 0.717) is 17.6 Å². The third kappa shape index (κ3) is 4.63. The first kappa shape index (κ1) is 28.6. The van der Waals surface area contributed by atoms with Gasteiger partial charge < -0.3 is 0 Å². The molecular formula is C45H28N4S. The fourth-order valence-electron chi connectivity index (χ4n) is 7.24. The van der Waals surface area contributed by atoms with Gasteiger partial charge in [-0.15, -0.1) is 11.3 Å². The molecule has 0 spiro atoms. The fraction of sp³-hybridized carbons (Fsp3) is 0. The van der Waals surface area contributed by atoms with Crippen LogP contribution in [0.4, 0.5) is 0 Å². The molecule has 10 aromatic rings. The quantitative estimate of drug-likeness (QED) is 0.185. The molecule has 0 atom stereocenters. The van der Waals surface area contributed by atoms with Crippen molar-refractivity contribution in [2.45, 2.75) is 0 Å². The molecule has 234 valence electrons. The lowest BCUT2D eigenvalue weighted by Crippen LogP contribution is -2.06. The van der Waals surface area contributed by atoms with Gasteiger partial charge in [0.25, 0.3) is 0 Å². The molecule has 50 heavy (non-hydrogen) atoms. The highest BCUT2D eigenvalue weighted by Gasteiger charge is 2.20. The molecule has 3 heterocycles. The van der Waals surface area contributed by atoms with Crippen LogP contribution in [-0.2, 0) is 0 Å². The van der Waals surface area contributed by atoms with Gasteiger partial charge in [0.05, 0.1) is 11.0 Å². The van der Waals surface area contributed by atoms with Crippen LogP contribution in [0.15, 0.2) is 170 Å². The minimum atomic E-state index is 0.589. The van der Waals surface area contributed by atoms with Crippen molar-refractivity contribution in [1.29, 1.82) is 0 Å². The molecule has 0 saturated carbocycles. The van der Waals surface area contributed by atoms with Crippen molar-refractivity contribution < 1.29 is 0 Å². The van der Waals surface area contributed by atoms with Gasteiger partial charge in [-0.2, -0.15) is 9.97 Å². The Morgan fingerprint density at radius 1 is 0.380 bits per heavy atom. The highest BCUT2D eigenvalue weighted by atomic mass is 32.1. The second-order valence-electron chi connectivity index (χ2n) is 12.4. The average molecular weight is 657 g/mol. The molecule has 0 fully saturated rings. The highest BCUT2D eigenvalue weighted by molar-refractivity contribution is 7.25. The summed E-state index contributed by atoms with van der Waals surface area (Å²) in [6, 6.07) is 59.7. The van der Waals surface area contributed by atoms with Crippen molar-refractivity contribution in [3.8, 4) is 51.0 Å². The Hall–Kier alpha value is -6.43. The largest absolute Gasteiger partial charge is 0.278 e.